The highest BCUT2D eigenvalue weighted by Gasteiger charge is 2.38. The largest absolute Gasteiger partial charge is 0.393 e. The second-order valence-corrected chi connectivity index (χ2v) is 6.96. The SMILES string of the molecule is OCC1(F)CCN(c2ncc(Cn3cc(Br)cn3)s2)C1. The molecular formula is C12H14BrFN4OS. The summed E-state index contributed by atoms with van der Waals surface area (Å²) in [6, 6.07) is 0. The molecule has 1 saturated heterocycles. The Morgan fingerprint density at radius 2 is 2.35 bits per heavy atom. The monoisotopic (exact) mass is 360 g/mol. The fourth-order valence-corrected chi connectivity index (χ4v) is 3.48. The zero-order valence-corrected chi connectivity index (χ0v) is 13.1. The number of alkyl halides is 1. The van der Waals surface area contributed by atoms with Crippen LogP contribution in [-0.2, 0) is 6.54 Å². The summed E-state index contributed by atoms with van der Waals surface area (Å²) in [6.07, 6.45) is 5.78. The molecular weight excluding hydrogens is 347 g/mol. The van der Waals surface area contributed by atoms with Crippen LogP contribution >= 0.6 is 27.3 Å². The maximum Gasteiger partial charge on any atom is 0.185 e. The van der Waals surface area contributed by atoms with Gasteiger partial charge in [-0.15, -0.1) is 0 Å². The van der Waals surface area contributed by atoms with Crippen molar-refractivity contribution in [1.82, 2.24) is 14.8 Å². The molecule has 1 N–H and O–H groups in total. The molecule has 0 saturated carbocycles. The number of nitrogens with zero attached hydrogens (tertiary/aromatic N) is 4. The van der Waals surface area contributed by atoms with Crippen molar-refractivity contribution in [3.8, 4) is 0 Å². The molecule has 8 heteroatoms. The van der Waals surface area contributed by atoms with Crippen LogP contribution in [0.1, 0.15) is 11.3 Å². The third-order valence-electron chi connectivity index (χ3n) is 3.32. The van der Waals surface area contributed by atoms with E-state index in [2.05, 4.69) is 26.0 Å². The number of aliphatic hydroxyl groups is 1. The van der Waals surface area contributed by atoms with Gasteiger partial charge in [-0.2, -0.15) is 5.10 Å². The predicted molar refractivity (Wildman–Crippen MR) is 78.9 cm³/mol. The Balaban J connectivity index is 1.68. The smallest absolute Gasteiger partial charge is 0.185 e. The molecule has 3 rings (SSSR count). The van der Waals surface area contributed by atoms with Crippen molar-refractivity contribution in [3.05, 3.63) is 27.9 Å². The van der Waals surface area contributed by atoms with Gasteiger partial charge in [-0.25, -0.2) is 9.37 Å². The van der Waals surface area contributed by atoms with E-state index in [4.69, 9.17) is 5.11 Å². The molecule has 0 aromatic carbocycles. The molecule has 1 fully saturated rings. The number of anilines is 1. The molecule has 0 amide bonds. The first-order valence-electron chi connectivity index (χ1n) is 6.25. The first-order chi connectivity index (χ1) is 9.58. The summed E-state index contributed by atoms with van der Waals surface area (Å²) in [4.78, 5) is 7.30. The van der Waals surface area contributed by atoms with Crippen LogP contribution in [0, 0.1) is 0 Å². The van der Waals surface area contributed by atoms with E-state index in [9.17, 15) is 4.39 Å². The number of hydrogen-bond donors (Lipinski definition) is 1. The number of aliphatic hydroxyl groups excluding tert-OH is 1. The van der Waals surface area contributed by atoms with E-state index >= 15 is 0 Å². The second-order valence-electron chi connectivity index (χ2n) is 4.95. The number of halogens is 2. The molecule has 5 nitrogen and oxygen atoms in total. The molecule has 3 heterocycles. The fraction of sp³-hybridized carbons (Fsp3) is 0.500. The van der Waals surface area contributed by atoms with Crippen LogP contribution in [0.5, 0.6) is 0 Å². The van der Waals surface area contributed by atoms with E-state index < -0.39 is 12.3 Å². The summed E-state index contributed by atoms with van der Waals surface area (Å²) in [5.74, 6) is 0. The van der Waals surface area contributed by atoms with Gasteiger partial charge in [0.15, 0.2) is 10.8 Å². The summed E-state index contributed by atoms with van der Waals surface area (Å²) in [5.41, 5.74) is -1.49. The highest BCUT2D eigenvalue weighted by molar-refractivity contribution is 9.10. The molecule has 2 aromatic heterocycles. The van der Waals surface area contributed by atoms with Crippen molar-refractivity contribution < 1.29 is 9.50 Å². The molecule has 1 aliphatic heterocycles. The molecule has 20 heavy (non-hydrogen) atoms. The molecule has 1 unspecified atom stereocenters. The van der Waals surface area contributed by atoms with Crippen molar-refractivity contribution in [2.75, 3.05) is 24.6 Å². The van der Waals surface area contributed by atoms with Gasteiger partial charge < -0.3 is 10.0 Å². The average Bonchev–Trinajstić information content (AvgIpc) is 3.12. The Kier molecular flexibility index (Phi) is 3.78. The number of aromatic nitrogens is 3. The van der Waals surface area contributed by atoms with E-state index in [1.165, 1.54) is 11.3 Å². The molecule has 1 atom stereocenters. The van der Waals surface area contributed by atoms with Gasteiger partial charge in [0, 0.05) is 30.2 Å². The minimum atomic E-state index is -1.49. The van der Waals surface area contributed by atoms with Crippen molar-refractivity contribution in [2.24, 2.45) is 0 Å². The van der Waals surface area contributed by atoms with Crippen LogP contribution in [0.2, 0.25) is 0 Å². The van der Waals surface area contributed by atoms with Gasteiger partial charge in [-0.1, -0.05) is 11.3 Å². The lowest BCUT2D eigenvalue weighted by Gasteiger charge is -2.17. The van der Waals surface area contributed by atoms with E-state index in [1.807, 2.05) is 15.8 Å². The van der Waals surface area contributed by atoms with Gasteiger partial charge in [-0.3, -0.25) is 4.68 Å². The van der Waals surface area contributed by atoms with E-state index in [0.29, 0.717) is 19.5 Å². The predicted octanol–water partition coefficient (Wildman–Crippen LogP) is 2.06. The van der Waals surface area contributed by atoms with Crippen LogP contribution in [0.25, 0.3) is 0 Å². The van der Waals surface area contributed by atoms with Crippen LogP contribution in [0.4, 0.5) is 9.52 Å². The Morgan fingerprint density at radius 3 is 3.00 bits per heavy atom. The highest BCUT2D eigenvalue weighted by Crippen LogP contribution is 2.32. The van der Waals surface area contributed by atoms with Crippen LogP contribution < -0.4 is 4.90 Å². The Bertz CT molecular complexity index is 604. The second kappa shape index (κ2) is 5.42. The topological polar surface area (TPSA) is 54.2 Å². The molecule has 0 spiro atoms. The minimum Gasteiger partial charge on any atom is -0.393 e. The lowest BCUT2D eigenvalue weighted by Crippen LogP contribution is -2.32. The van der Waals surface area contributed by atoms with Gasteiger partial charge in [-0.05, 0) is 15.9 Å². The third-order valence-corrected chi connectivity index (χ3v) is 4.77. The summed E-state index contributed by atoms with van der Waals surface area (Å²) in [7, 11) is 0. The number of rotatable bonds is 4. The van der Waals surface area contributed by atoms with Crippen LogP contribution in [-0.4, -0.2) is 45.2 Å². The number of hydrogen-bond acceptors (Lipinski definition) is 5. The van der Waals surface area contributed by atoms with Gasteiger partial charge in [0.05, 0.1) is 30.4 Å². The van der Waals surface area contributed by atoms with Crippen molar-refractivity contribution in [1.29, 1.82) is 0 Å². The molecule has 1 aliphatic rings. The summed E-state index contributed by atoms with van der Waals surface area (Å²) in [6.45, 7) is 1.03. The lowest BCUT2D eigenvalue weighted by molar-refractivity contribution is 0.0910. The average molecular weight is 361 g/mol. The molecule has 0 aliphatic carbocycles. The maximum absolute atomic E-state index is 14.0. The van der Waals surface area contributed by atoms with Gasteiger partial charge >= 0.3 is 0 Å². The van der Waals surface area contributed by atoms with Crippen molar-refractivity contribution in [3.63, 3.8) is 0 Å². The molecule has 108 valence electrons. The zero-order chi connectivity index (χ0) is 14.2. The summed E-state index contributed by atoms with van der Waals surface area (Å²) >= 11 is 4.89. The lowest BCUT2D eigenvalue weighted by atomic mass is 10.1. The standard InChI is InChI=1S/C12H14BrFN4OS/c13-9-3-16-18(5-9)6-10-4-15-11(20-10)17-2-1-12(14,7-17)8-19/h3-5,19H,1-2,6-8H2. The minimum absolute atomic E-state index is 0.212. The third kappa shape index (κ3) is 2.87. The first-order valence-corrected chi connectivity index (χ1v) is 7.86. The van der Waals surface area contributed by atoms with Gasteiger partial charge in [0.1, 0.15) is 0 Å². The van der Waals surface area contributed by atoms with Gasteiger partial charge in [0.2, 0.25) is 0 Å². The number of thiazole rings is 1. The van der Waals surface area contributed by atoms with E-state index in [0.717, 1.165) is 14.5 Å². The summed E-state index contributed by atoms with van der Waals surface area (Å²) < 4.78 is 16.8. The van der Waals surface area contributed by atoms with Crippen molar-refractivity contribution in [2.45, 2.75) is 18.6 Å². The molecule has 0 radical (unpaired) electrons. The zero-order valence-electron chi connectivity index (χ0n) is 10.7. The molecule has 2 aromatic rings. The Hall–Kier alpha value is -0.990. The quantitative estimate of drug-likeness (QED) is 0.906. The maximum atomic E-state index is 14.0. The molecule has 0 bridgehead atoms. The van der Waals surface area contributed by atoms with Crippen LogP contribution in [0.3, 0.4) is 0 Å². The van der Waals surface area contributed by atoms with Crippen LogP contribution in [0.15, 0.2) is 23.1 Å². The highest BCUT2D eigenvalue weighted by atomic mass is 79.9. The normalized spacial score (nSPS) is 22.6. The first kappa shape index (κ1) is 14.0. The van der Waals surface area contributed by atoms with E-state index in [1.54, 1.807) is 12.4 Å². The van der Waals surface area contributed by atoms with Crippen molar-refractivity contribution >= 4 is 32.4 Å². The summed E-state index contributed by atoms with van der Waals surface area (Å²) in [5, 5.41) is 14.1. The van der Waals surface area contributed by atoms with Gasteiger partial charge in [0.25, 0.3) is 0 Å². The fourth-order valence-electron chi connectivity index (χ4n) is 2.23. The Labute approximate surface area is 128 Å². The Morgan fingerprint density at radius 1 is 1.50 bits per heavy atom. The van der Waals surface area contributed by atoms with E-state index in [-0.39, 0.29) is 6.54 Å².